The molecule has 2 amide bonds. The van der Waals surface area contributed by atoms with E-state index in [0.717, 1.165) is 17.3 Å². The van der Waals surface area contributed by atoms with Crippen LogP contribution in [-0.2, 0) is 9.59 Å². The summed E-state index contributed by atoms with van der Waals surface area (Å²) in [5, 5.41) is 3.38. The zero-order valence-electron chi connectivity index (χ0n) is 12.0. The molecule has 1 aromatic heterocycles. The van der Waals surface area contributed by atoms with Gasteiger partial charge < -0.3 is 9.73 Å². The molecule has 5 nitrogen and oxygen atoms in total. The van der Waals surface area contributed by atoms with Crippen LogP contribution in [0.15, 0.2) is 50.7 Å². The fourth-order valence-corrected chi connectivity index (χ4v) is 3.00. The lowest BCUT2D eigenvalue weighted by Gasteiger charge is -1.98. The molecule has 0 saturated carbocycles. The van der Waals surface area contributed by atoms with Gasteiger partial charge in [-0.3, -0.25) is 9.59 Å². The van der Waals surface area contributed by atoms with Crippen LogP contribution < -0.4 is 5.32 Å². The van der Waals surface area contributed by atoms with E-state index in [1.807, 2.05) is 12.1 Å². The summed E-state index contributed by atoms with van der Waals surface area (Å²) in [7, 11) is 0. The lowest BCUT2D eigenvalue weighted by atomic mass is 10.2. The smallest absolute Gasteiger partial charge is 0.286 e. The monoisotopic (exact) mass is 346 g/mol. The van der Waals surface area contributed by atoms with Crippen LogP contribution in [0.5, 0.6) is 0 Å². The minimum atomic E-state index is -0.403. The molecule has 7 heteroatoms. The first-order valence-electron chi connectivity index (χ1n) is 6.67. The van der Waals surface area contributed by atoms with Crippen molar-refractivity contribution in [1.29, 1.82) is 0 Å². The summed E-state index contributed by atoms with van der Waals surface area (Å²) in [6.07, 6.45) is 1.60. The second-order valence-electron chi connectivity index (χ2n) is 4.73. The van der Waals surface area contributed by atoms with Crippen molar-refractivity contribution in [3.63, 3.8) is 0 Å². The van der Waals surface area contributed by atoms with Crippen LogP contribution in [0.1, 0.15) is 12.7 Å². The van der Waals surface area contributed by atoms with Crippen LogP contribution in [0, 0.1) is 0 Å². The van der Waals surface area contributed by atoms with Crippen molar-refractivity contribution in [3.8, 4) is 11.3 Å². The fraction of sp³-hybridized carbons (Fsp3) is 0.0625. The molecule has 1 N–H and O–H groups in total. The molecule has 1 aliphatic rings. The van der Waals surface area contributed by atoms with Gasteiger partial charge in [-0.15, -0.1) is 0 Å². The van der Waals surface area contributed by atoms with Gasteiger partial charge >= 0.3 is 0 Å². The van der Waals surface area contributed by atoms with Gasteiger partial charge in [0.25, 0.3) is 5.91 Å². The lowest BCUT2D eigenvalue weighted by Crippen LogP contribution is -2.23. The number of amidine groups is 1. The highest BCUT2D eigenvalue weighted by Crippen LogP contribution is 2.30. The summed E-state index contributed by atoms with van der Waals surface area (Å²) < 4.78 is 5.71. The molecule has 2 heterocycles. The van der Waals surface area contributed by atoms with E-state index in [-0.39, 0.29) is 11.1 Å². The minimum Gasteiger partial charge on any atom is -0.457 e. The number of nitrogens with one attached hydrogen (secondary N) is 1. The number of hydrogen-bond acceptors (Lipinski definition) is 4. The van der Waals surface area contributed by atoms with Crippen molar-refractivity contribution in [2.45, 2.75) is 6.92 Å². The standard InChI is InChI=1S/C16H11ClN2O3S/c1-9(20)18-16-19-15(21)14(23-16)8-12-5-6-13(22-12)10-3-2-4-11(17)7-10/h2-8H,1H3,(H,18,19,20,21)/b14-8-. The van der Waals surface area contributed by atoms with E-state index < -0.39 is 5.91 Å². The molecule has 0 spiro atoms. The Balaban J connectivity index is 1.80. The SMILES string of the molecule is CC(=O)NC1=NC(=O)/C(=C/c2ccc(-c3cccc(Cl)c3)o2)S1. The molecule has 0 aliphatic carbocycles. The zero-order valence-corrected chi connectivity index (χ0v) is 13.6. The molecule has 0 fully saturated rings. The number of carbonyl (C=O) groups is 2. The first-order valence-corrected chi connectivity index (χ1v) is 7.86. The molecule has 23 heavy (non-hydrogen) atoms. The van der Waals surface area contributed by atoms with Crippen molar-refractivity contribution < 1.29 is 14.0 Å². The van der Waals surface area contributed by atoms with E-state index in [0.29, 0.717) is 21.4 Å². The van der Waals surface area contributed by atoms with E-state index in [2.05, 4.69) is 10.3 Å². The Morgan fingerprint density at radius 2 is 2.17 bits per heavy atom. The topological polar surface area (TPSA) is 71.7 Å². The normalized spacial score (nSPS) is 15.8. The van der Waals surface area contributed by atoms with Crippen LogP contribution in [0.25, 0.3) is 17.4 Å². The molecular weight excluding hydrogens is 336 g/mol. The highest BCUT2D eigenvalue weighted by atomic mass is 35.5. The number of aliphatic imine (C=N–C) groups is 1. The lowest BCUT2D eigenvalue weighted by molar-refractivity contribution is -0.117. The zero-order chi connectivity index (χ0) is 16.4. The Labute approximate surface area is 141 Å². The van der Waals surface area contributed by atoms with Gasteiger partial charge in [0.2, 0.25) is 5.91 Å². The molecule has 2 aromatic rings. The van der Waals surface area contributed by atoms with Crippen LogP contribution in [0.2, 0.25) is 5.02 Å². The van der Waals surface area contributed by atoms with Gasteiger partial charge in [0.05, 0.1) is 4.91 Å². The molecule has 0 saturated heterocycles. The number of amides is 2. The molecule has 1 aromatic carbocycles. The maximum absolute atomic E-state index is 11.8. The van der Waals surface area contributed by atoms with Crippen LogP contribution in [0.3, 0.4) is 0 Å². The Kier molecular flexibility index (Phi) is 4.36. The van der Waals surface area contributed by atoms with Crippen LogP contribution in [-0.4, -0.2) is 17.0 Å². The van der Waals surface area contributed by atoms with E-state index in [4.69, 9.17) is 16.0 Å². The van der Waals surface area contributed by atoms with Gasteiger partial charge in [-0.1, -0.05) is 23.7 Å². The van der Waals surface area contributed by atoms with Gasteiger partial charge in [0.15, 0.2) is 5.17 Å². The van der Waals surface area contributed by atoms with Gasteiger partial charge in [-0.25, -0.2) is 0 Å². The Bertz CT molecular complexity index is 855. The maximum atomic E-state index is 11.8. The number of benzene rings is 1. The average molecular weight is 347 g/mol. The molecule has 0 bridgehead atoms. The Hall–Kier alpha value is -2.31. The molecule has 1 aliphatic heterocycles. The third-order valence-corrected chi connectivity index (χ3v) is 4.05. The number of rotatable bonds is 2. The van der Waals surface area contributed by atoms with Crippen molar-refractivity contribution in [1.82, 2.24) is 5.32 Å². The summed E-state index contributed by atoms with van der Waals surface area (Å²) in [5.74, 6) is 0.499. The van der Waals surface area contributed by atoms with Gasteiger partial charge in [0.1, 0.15) is 11.5 Å². The van der Waals surface area contributed by atoms with E-state index in [1.54, 1.807) is 30.3 Å². The van der Waals surface area contributed by atoms with Crippen molar-refractivity contribution in [2.24, 2.45) is 4.99 Å². The summed E-state index contributed by atoms with van der Waals surface area (Å²) in [4.78, 5) is 27.0. The van der Waals surface area contributed by atoms with Crippen LogP contribution >= 0.6 is 23.4 Å². The molecular formula is C16H11ClN2O3S. The van der Waals surface area contributed by atoms with E-state index in [9.17, 15) is 9.59 Å². The summed E-state index contributed by atoms with van der Waals surface area (Å²) in [6.45, 7) is 1.36. The van der Waals surface area contributed by atoms with Crippen molar-refractivity contribution in [2.75, 3.05) is 0 Å². The Morgan fingerprint density at radius 1 is 1.35 bits per heavy atom. The number of furan rings is 1. The number of thioether (sulfide) groups is 1. The number of carbonyl (C=O) groups excluding carboxylic acids is 2. The van der Waals surface area contributed by atoms with Crippen LogP contribution in [0.4, 0.5) is 0 Å². The summed E-state index contributed by atoms with van der Waals surface area (Å²) in [5.41, 5.74) is 0.850. The van der Waals surface area contributed by atoms with Crippen molar-refractivity contribution in [3.05, 3.63) is 52.1 Å². The number of nitrogens with zero attached hydrogens (tertiary/aromatic N) is 1. The first-order chi connectivity index (χ1) is 11.0. The predicted octanol–water partition coefficient (Wildman–Crippen LogP) is 3.71. The highest BCUT2D eigenvalue weighted by Gasteiger charge is 2.23. The minimum absolute atomic E-state index is 0.272. The second-order valence-corrected chi connectivity index (χ2v) is 6.19. The van der Waals surface area contributed by atoms with E-state index >= 15 is 0 Å². The highest BCUT2D eigenvalue weighted by molar-refractivity contribution is 8.18. The molecule has 0 radical (unpaired) electrons. The summed E-state index contributed by atoms with van der Waals surface area (Å²) >= 11 is 7.06. The Morgan fingerprint density at radius 3 is 2.91 bits per heavy atom. The van der Waals surface area contributed by atoms with E-state index in [1.165, 1.54) is 6.92 Å². The fourth-order valence-electron chi connectivity index (χ4n) is 1.97. The quantitative estimate of drug-likeness (QED) is 0.841. The van der Waals surface area contributed by atoms with Gasteiger partial charge in [0, 0.05) is 23.6 Å². The summed E-state index contributed by atoms with van der Waals surface area (Å²) in [6, 6.07) is 10.9. The predicted molar refractivity (Wildman–Crippen MR) is 91.0 cm³/mol. The largest absolute Gasteiger partial charge is 0.457 e. The second kappa shape index (κ2) is 6.44. The number of hydrogen-bond donors (Lipinski definition) is 1. The maximum Gasteiger partial charge on any atom is 0.286 e. The average Bonchev–Trinajstić information content (AvgIpc) is 3.06. The third kappa shape index (κ3) is 3.72. The molecule has 0 unspecified atom stereocenters. The molecule has 3 rings (SSSR count). The van der Waals surface area contributed by atoms with Gasteiger partial charge in [-0.2, -0.15) is 4.99 Å². The van der Waals surface area contributed by atoms with Gasteiger partial charge in [-0.05, 0) is 36.0 Å². The third-order valence-electron chi connectivity index (χ3n) is 2.91. The molecule has 116 valence electrons. The number of halogens is 1. The molecule has 0 atom stereocenters. The first kappa shape index (κ1) is 15.6. The van der Waals surface area contributed by atoms with Crippen molar-refractivity contribution >= 4 is 46.4 Å².